The van der Waals surface area contributed by atoms with Crippen molar-refractivity contribution in [2.75, 3.05) is 45.5 Å². The maximum absolute atomic E-state index is 14.2. The summed E-state index contributed by atoms with van der Waals surface area (Å²) < 4.78 is 4.59. The van der Waals surface area contributed by atoms with E-state index in [1.165, 1.54) is 26.1 Å². The number of carbonyl (C=O) groups excluding carboxylic acids is 5. The van der Waals surface area contributed by atoms with Crippen molar-refractivity contribution in [3.8, 4) is 5.75 Å². The van der Waals surface area contributed by atoms with E-state index in [2.05, 4.69) is 26.0 Å². The second-order valence-electron chi connectivity index (χ2n) is 11.7. The second-order valence-corrected chi connectivity index (χ2v) is 13.2. The average molecular weight is 714 g/mol. The second kappa shape index (κ2) is 12.3. The normalized spacial score (nSPS) is 25.0. The molecule has 0 saturated heterocycles. The number of ketones is 2. The number of hydrogen-bond donors (Lipinski definition) is 6. The van der Waals surface area contributed by atoms with Crippen LogP contribution in [0.25, 0.3) is 0 Å². The summed E-state index contributed by atoms with van der Waals surface area (Å²) in [7, 11) is 7.56. The Bertz CT molecular complexity index is 1590. The van der Waals surface area contributed by atoms with Crippen LogP contribution in [0.2, 0.25) is 5.02 Å². The molecule has 2 amide bonds. The highest BCUT2D eigenvalue weighted by atomic mass is 79.9. The highest BCUT2D eigenvalue weighted by Crippen LogP contribution is 2.55. The molecule has 3 aliphatic rings. The van der Waals surface area contributed by atoms with Gasteiger partial charge in [-0.05, 0) is 44.8 Å². The van der Waals surface area contributed by atoms with E-state index >= 15 is 0 Å². The van der Waals surface area contributed by atoms with Crippen molar-refractivity contribution in [1.29, 1.82) is 0 Å². The van der Waals surface area contributed by atoms with Gasteiger partial charge in [-0.25, -0.2) is 0 Å². The maximum atomic E-state index is 14.2. The number of nitrogens with zero attached hydrogens (tertiary/aromatic N) is 2. The van der Waals surface area contributed by atoms with Crippen molar-refractivity contribution in [2.24, 2.45) is 17.6 Å². The number of likely N-dealkylation sites (N-methyl/N-ethyl adjacent to an activating group) is 1. The van der Waals surface area contributed by atoms with Gasteiger partial charge in [0.1, 0.15) is 22.8 Å². The van der Waals surface area contributed by atoms with E-state index in [-0.39, 0.29) is 53.2 Å². The van der Waals surface area contributed by atoms with E-state index < -0.39 is 80.5 Å². The Balaban J connectivity index is 1.88. The van der Waals surface area contributed by atoms with Gasteiger partial charge in [0.05, 0.1) is 34.3 Å². The number of rotatable bonds is 8. The molecule has 244 valence electrons. The number of aliphatic hydroxyl groups is 3. The van der Waals surface area contributed by atoms with Gasteiger partial charge in [-0.15, -0.1) is 0 Å². The minimum absolute atomic E-state index is 0.00373. The van der Waals surface area contributed by atoms with Crippen LogP contribution in [0.3, 0.4) is 0 Å². The van der Waals surface area contributed by atoms with E-state index in [0.29, 0.717) is 5.56 Å². The molecule has 3 unspecified atom stereocenters. The molecule has 1 aromatic rings. The first-order valence-corrected chi connectivity index (χ1v) is 15.1. The predicted octanol–water partition coefficient (Wildman–Crippen LogP) is 1.50. The highest BCUT2D eigenvalue weighted by molar-refractivity contribution is 9.10. The van der Waals surface area contributed by atoms with Crippen molar-refractivity contribution in [1.82, 2.24) is 4.90 Å². The summed E-state index contributed by atoms with van der Waals surface area (Å²) in [4.78, 5) is 66.5. The molecule has 0 heterocycles. The fourth-order valence-corrected chi connectivity index (χ4v) is 7.36. The van der Waals surface area contributed by atoms with E-state index in [1.54, 1.807) is 19.0 Å². The first kappa shape index (κ1) is 34.2. The zero-order valence-corrected chi connectivity index (χ0v) is 27.4. The number of amides is 2. The number of methoxy groups -OCH3 is 1. The van der Waals surface area contributed by atoms with Gasteiger partial charge >= 0.3 is 5.97 Å². The summed E-state index contributed by atoms with van der Waals surface area (Å²) >= 11 is 9.92. The number of nitrogens with two attached hydrogens (primary N) is 1. The predicted molar refractivity (Wildman–Crippen MR) is 166 cm³/mol. The van der Waals surface area contributed by atoms with Crippen LogP contribution in [0, 0.1) is 11.8 Å². The lowest BCUT2D eigenvalue weighted by Crippen LogP contribution is -2.63. The van der Waals surface area contributed by atoms with Crippen LogP contribution in [-0.2, 0) is 30.3 Å². The van der Waals surface area contributed by atoms with Crippen LogP contribution < -0.4 is 16.0 Å². The average Bonchev–Trinajstić information content (AvgIpc) is 2.94. The SMILES string of the molecule is COC(=O)CCC(Br)C(=O)Nc1c(O)c2c(c(N(C)C)c1Cl)CC1CC3[C@H](N(C)C)C(O)=C(C(N)=O)C(=O)[C@@]3(O)C(O)=C1C2=O. The summed E-state index contributed by atoms with van der Waals surface area (Å²) in [6.45, 7) is 0. The molecule has 45 heavy (non-hydrogen) atoms. The quantitative estimate of drug-likeness (QED) is 0.0977. The number of primary amides is 1. The van der Waals surface area contributed by atoms with Gasteiger partial charge in [0.25, 0.3) is 5.91 Å². The van der Waals surface area contributed by atoms with Crippen molar-refractivity contribution >= 4 is 68.3 Å². The molecule has 7 N–H and O–H groups in total. The van der Waals surface area contributed by atoms with Crippen LogP contribution in [0.1, 0.15) is 35.2 Å². The standard InChI is InChI=1S/C29H34BrClN4O10/c1-34(2)20-11-8-10-9-12-21(35(3)4)24(39)17(27(32)42)26(41)29(12,44)25(40)15(10)22(37)16(11)23(38)19(18(20)31)33-28(43)13(30)6-7-14(36)45-5/h10,12-13,21,38-40,44H,6-9H2,1-5H3,(H2,32,42)(H,33,43)/t10?,12?,13?,21-,29-/m0/s1. The molecular formula is C29H34BrClN4O10. The number of benzene rings is 1. The fourth-order valence-electron chi connectivity index (χ4n) is 6.59. The Morgan fingerprint density at radius 1 is 1.18 bits per heavy atom. The number of halogens is 2. The van der Waals surface area contributed by atoms with Gasteiger partial charge in [-0.3, -0.25) is 28.9 Å². The molecule has 0 radical (unpaired) electrons. The Morgan fingerprint density at radius 2 is 1.80 bits per heavy atom. The number of esters is 1. The van der Waals surface area contributed by atoms with Crippen molar-refractivity contribution < 1.29 is 49.1 Å². The zero-order chi connectivity index (χ0) is 33.9. The Labute approximate surface area is 271 Å². The first-order valence-electron chi connectivity index (χ1n) is 13.8. The van der Waals surface area contributed by atoms with Gasteiger partial charge in [-0.1, -0.05) is 27.5 Å². The number of carbonyl (C=O) groups is 5. The third-order valence-corrected chi connectivity index (χ3v) is 9.85. The Kier molecular flexibility index (Phi) is 9.33. The number of anilines is 2. The summed E-state index contributed by atoms with van der Waals surface area (Å²) in [5.74, 6) is -9.23. The lowest BCUT2D eigenvalue weighted by Gasteiger charge is -2.50. The van der Waals surface area contributed by atoms with E-state index in [0.717, 1.165) is 0 Å². The molecule has 14 nitrogen and oxygen atoms in total. The van der Waals surface area contributed by atoms with E-state index in [1.807, 2.05) is 0 Å². The largest absolute Gasteiger partial charge is 0.510 e. The van der Waals surface area contributed by atoms with Gasteiger partial charge < -0.3 is 41.1 Å². The molecule has 0 aliphatic heterocycles. The molecule has 0 saturated carbocycles. The number of nitrogens with one attached hydrogen (secondary N) is 1. The first-order chi connectivity index (χ1) is 20.9. The maximum Gasteiger partial charge on any atom is 0.305 e. The molecule has 5 atom stereocenters. The summed E-state index contributed by atoms with van der Waals surface area (Å²) in [5.41, 5.74) is 1.27. The monoisotopic (exact) mass is 712 g/mol. The number of hydrogen-bond acceptors (Lipinski definition) is 12. The van der Waals surface area contributed by atoms with E-state index in [4.69, 9.17) is 17.3 Å². The fraction of sp³-hybridized carbons (Fsp3) is 0.483. The number of ether oxygens (including phenoxy) is 1. The minimum atomic E-state index is -2.79. The molecule has 0 aromatic heterocycles. The molecule has 0 spiro atoms. The topological polar surface area (TPSA) is 220 Å². The molecule has 3 aliphatic carbocycles. The molecular weight excluding hydrogens is 680 g/mol. The van der Waals surface area contributed by atoms with Crippen LogP contribution in [-0.4, -0.2) is 106 Å². The number of allylic oxidation sites excluding steroid dienone is 1. The number of fused-ring (bicyclic) bond motifs is 3. The number of aliphatic hydroxyl groups excluding tert-OH is 2. The smallest absolute Gasteiger partial charge is 0.305 e. The number of phenolic OH excluding ortho intramolecular Hbond substituents is 1. The van der Waals surface area contributed by atoms with Gasteiger partial charge in [0, 0.05) is 32.0 Å². The zero-order valence-electron chi connectivity index (χ0n) is 25.1. The van der Waals surface area contributed by atoms with Crippen LogP contribution in [0.15, 0.2) is 22.7 Å². The molecule has 0 fully saturated rings. The van der Waals surface area contributed by atoms with Crippen molar-refractivity contribution in [2.45, 2.75) is 42.2 Å². The number of alkyl halides is 1. The van der Waals surface area contributed by atoms with Gasteiger partial charge in [0.2, 0.25) is 11.7 Å². The molecule has 1 aromatic carbocycles. The lowest BCUT2D eigenvalue weighted by atomic mass is 9.58. The van der Waals surface area contributed by atoms with Crippen LogP contribution in [0.5, 0.6) is 5.75 Å². The van der Waals surface area contributed by atoms with Crippen molar-refractivity contribution in [3.63, 3.8) is 0 Å². The van der Waals surface area contributed by atoms with Crippen molar-refractivity contribution in [3.05, 3.63) is 38.8 Å². The summed E-state index contributed by atoms with van der Waals surface area (Å²) in [5, 5.41) is 48.1. The number of aromatic hydroxyl groups is 1. The highest BCUT2D eigenvalue weighted by Gasteiger charge is 2.63. The minimum Gasteiger partial charge on any atom is -0.510 e. The third kappa shape index (κ3) is 5.34. The molecule has 16 heteroatoms. The lowest BCUT2D eigenvalue weighted by molar-refractivity contribution is -0.148. The number of phenols is 1. The third-order valence-electron chi connectivity index (χ3n) is 8.61. The van der Waals surface area contributed by atoms with Gasteiger partial charge in [-0.2, -0.15) is 0 Å². The van der Waals surface area contributed by atoms with Crippen LogP contribution >= 0.6 is 27.5 Å². The Hall–Kier alpha value is -3.66. The summed E-state index contributed by atoms with van der Waals surface area (Å²) in [6, 6.07) is -1.13. The van der Waals surface area contributed by atoms with Crippen LogP contribution in [0.4, 0.5) is 11.4 Å². The van der Waals surface area contributed by atoms with Gasteiger partial charge in [0.15, 0.2) is 17.1 Å². The van der Waals surface area contributed by atoms with E-state index in [9.17, 15) is 44.4 Å². The summed E-state index contributed by atoms with van der Waals surface area (Å²) in [6.07, 6.45) is -0.130. The number of Topliss-reactive ketones (excluding diaryl/α,β-unsaturated/α-hetero) is 2. The molecule has 4 rings (SSSR count). The molecule has 0 bridgehead atoms. The Morgan fingerprint density at radius 3 is 2.33 bits per heavy atom.